The van der Waals surface area contributed by atoms with E-state index in [0.29, 0.717) is 29.2 Å². The predicted octanol–water partition coefficient (Wildman–Crippen LogP) is 5.10. The maximum Gasteiger partial charge on any atom is 0.291 e. The second-order valence-corrected chi connectivity index (χ2v) is 11.3. The van der Waals surface area contributed by atoms with Gasteiger partial charge in [-0.15, -0.1) is 0 Å². The summed E-state index contributed by atoms with van der Waals surface area (Å²) in [5, 5.41) is 7.43. The lowest BCUT2D eigenvalue weighted by Gasteiger charge is -2.47. The highest BCUT2D eigenvalue weighted by atomic mass is 32.2. The van der Waals surface area contributed by atoms with Gasteiger partial charge in [-0.05, 0) is 88.2 Å². The average molecular weight is 458 g/mol. The van der Waals surface area contributed by atoms with E-state index in [4.69, 9.17) is 9.26 Å². The normalized spacial score (nSPS) is 27.3. The Kier molecular flexibility index (Phi) is 7.15. The Labute approximate surface area is 195 Å². The van der Waals surface area contributed by atoms with Gasteiger partial charge in [0.2, 0.25) is 5.76 Å². The van der Waals surface area contributed by atoms with Gasteiger partial charge in [0.05, 0.1) is 0 Å². The molecule has 2 fully saturated rings. The Morgan fingerprint density at radius 1 is 1.22 bits per heavy atom. The van der Waals surface area contributed by atoms with Crippen LogP contribution in [-0.2, 0) is 0 Å². The van der Waals surface area contributed by atoms with E-state index in [2.05, 4.69) is 24.3 Å². The van der Waals surface area contributed by atoms with Gasteiger partial charge < -0.3 is 19.5 Å². The first kappa shape index (κ1) is 23.2. The average Bonchev–Trinajstić information content (AvgIpc) is 3.09. The lowest BCUT2D eigenvalue weighted by Crippen LogP contribution is -2.52. The quantitative estimate of drug-likeness (QED) is 0.595. The number of ether oxygens (including phenoxy) is 1. The van der Waals surface area contributed by atoms with Crippen LogP contribution >= 0.6 is 11.8 Å². The second-order valence-electron chi connectivity index (χ2n) is 10.2. The minimum absolute atomic E-state index is 0.200. The van der Waals surface area contributed by atoms with E-state index in [1.165, 1.54) is 31.0 Å². The molecule has 0 saturated heterocycles. The third kappa shape index (κ3) is 5.67. The van der Waals surface area contributed by atoms with E-state index in [1.807, 2.05) is 49.3 Å². The van der Waals surface area contributed by atoms with Crippen molar-refractivity contribution in [2.75, 3.05) is 27.2 Å². The van der Waals surface area contributed by atoms with Crippen LogP contribution in [0.15, 0.2) is 44.6 Å². The SMILES string of the molecule is CC1CC2CC(C1)CC(C)(NC(=O)c1onc(OCCN(C)C)c1Sc1ccccc1)C2. The number of hydrogen-bond donors (Lipinski definition) is 1. The van der Waals surface area contributed by atoms with Crippen molar-refractivity contribution in [1.82, 2.24) is 15.4 Å². The number of likely N-dealkylation sites (N-methyl/N-ethyl adjacent to an activating group) is 1. The zero-order valence-corrected chi connectivity index (χ0v) is 20.4. The number of nitrogens with zero attached hydrogens (tertiary/aromatic N) is 2. The molecule has 1 N–H and O–H groups in total. The first-order valence-electron chi connectivity index (χ1n) is 11.6. The molecule has 0 spiro atoms. The number of hydrogen-bond acceptors (Lipinski definition) is 6. The van der Waals surface area contributed by atoms with Crippen molar-refractivity contribution in [3.63, 3.8) is 0 Å². The summed E-state index contributed by atoms with van der Waals surface area (Å²) in [6.07, 6.45) is 5.89. The number of fused-ring (bicyclic) bond motifs is 2. The zero-order chi connectivity index (χ0) is 22.7. The molecule has 2 unspecified atom stereocenters. The van der Waals surface area contributed by atoms with Gasteiger partial charge in [0.25, 0.3) is 11.8 Å². The topological polar surface area (TPSA) is 67.6 Å². The Balaban J connectivity index is 1.52. The Morgan fingerprint density at radius 3 is 2.56 bits per heavy atom. The summed E-state index contributed by atoms with van der Waals surface area (Å²) >= 11 is 1.46. The van der Waals surface area contributed by atoms with Crippen LogP contribution in [0.3, 0.4) is 0 Å². The molecule has 6 nitrogen and oxygen atoms in total. The van der Waals surface area contributed by atoms with Crippen LogP contribution in [0.4, 0.5) is 0 Å². The van der Waals surface area contributed by atoms with Crippen LogP contribution in [0.1, 0.15) is 56.5 Å². The number of carbonyl (C=O) groups is 1. The molecule has 4 rings (SSSR count). The van der Waals surface area contributed by atoms with Gasteiger partial charge in [-0.1, -0.05) is 36.9 Å². The van der Waals surface area contributed by atoms with E-state index in [1.54, 1.807) is 0 Å². The molecule has 7 heteroatoms. The molecule has 1 aromatic carbocycles. The standard InChI is InChI=1S/C25H35N3O3S/c1-17-12-18-14-19(13-17)16-25(2,15-18)26-23(29)21-22(32-20-8-6-5-7-9-20)24(27-31-21)30-11-10-28(3)4/h5-9,17-19H,10-16H2,1-4H3,(H,26,29). The van der Waals surface area contributed by atoms with Gasteiger partial charge >= 0.3 is 0 Å². The van der Waals surface area contributed by atoms with Crippen LogP contribution in [0, 0.1) is 17.8 Å². The molecule has 2 aromatic rings. The maximum atomic E-state index is 13.4. The third-order valence-corrected chi connectivity index (χ3v) is 7.67. The van der Waals surface area contributed by atoms with Crippen molar-refractivity contribution in [2.45, 2.75) is 61.3 Å². The molecular formula is C25H35N3O3S. The molecule has 2 saturated carbocycles. The van der Waals surface area contributed by atoms with Gasteiger partial charge in [-0.2, -0.15) is 0 Å². The molecule has 0 radical (unpaired) electrons. The molecule has 174 valence electrons. The van der Waals surface area contributed by atoms with Gasteiger partial charge in [0, 0.05) is 17.0 Å². The van der Waals surface area contributed by atoms with E-state index < -0.39 is 0 Å². The molecule has 2 aliphatic carbocycles. The zero-order valence-electron chi connectivity index (χ0n) is 19.6. The number of nitrogens with one attached hydrogen (secondary N) is 1. The smallest absolute Gasteiger partial charge is 0.291 e. The monoisotopic (exact) mass is 457 g/mol. The number of benzene rings is 1. The molecule has 1 aromatic heterocycles. The fourth-order valence-electron chi connectivity index (χ4n) is 5.55. The van der Waals surface area contributed by atoms with Crippen LogP contribution in [0.5, 0.6) is 5.88 Å². The molecule has 32 heavy (non-hydrogen) atoms. The fourth-order valence-corrected chi connectivity index (χ4v) is 6.48. The molecule has 2 atom stereocenters. The van der Waals surface area contributed by atoms with Crippen LogP contribution in [-0.4, -0.2) is 48.7 Å². The van der Waals surface area contributed by atoms with E-state index in [9.17, 15) is 4.79 Å². The minimum Gasteiger partial charge on any atom is -0.473 e. The van der Waals surface area contributed by atoms with Crippen molar-refractivity contribution in [1.29, 1.82) is 0 Å². The number of aromatic nitrogens is 1. The van der Waals surface area contributed by atoms with Gasteiger partial charge in [-0.25, -0.2) is 0 Å². The summed E-state index contributed by atoms with van der Waals surface area (Å²) in [5.74, 6) is 2.61. The Morgan fingerprint density at radius 2 is 1.91 bits per heavy atom. The van der Waals surface area contributed by atoms with Gasteiger partial charge in [0.1, 0.15) is 11.5 Å². The molecule has 1 heterocycles. The summed E-state index contributed by atoms with van der Waals surface area (Å²) in [6.45, 7) is 5.78. The molecule has 2 bridgehead atoms. The second kappa shape index (κ2) is 9.87. The van der Waals surface area contributed by atoms with Crippen molar-refractivity contribution in [2.24, 2.45) is 17.8 Å². The highest BCUT2D eigenvalue weighted by molar-refractivity contribution is 7.99. The Bertz CT molecular complexity index is 896. The highest BCUT2D eigenvalue weighted by Gasteiger charge is 2.42. The summed E-state index contributed by atoms with van der Waals surface area (Å²) in [5.41, 5.74) is -0.210. The van der Waals surface area contributed by atoms with Crippen molar-refractivity contribution in [3.05, 3.63) is 36.1 Å². The van der Waals surface area contributed by atoms with E-state index in [0.717, 1.165) is 30.2 Å². The summed E-state index contributed by atoms with van der Waals surface area (Å²) in [7, 11) is 3.98. The number of amides is 1. The van der Waals surface area contributed by atoms with Crippen LogP contribution < -0.4 is 10.1 Å². The van der Waals surface area contributed by atoms with Crippen LogP contribution in [0.25, 0.3) is 0 Å². The predicted molar refractivity (Wildman–Crippen MR) is 126 cm³/mol. The van der Waals surface area contributed by atoms with E-state index in [-0.39, 0.29) is 17.2 Å². The number of carbonyl (C=O) groups excluding carboxylic acids is 1. The third-order valence-electron chi connectivity index (χ3n) is 6.60. The summed E-state index contributed by atoms with van der Waals surface area (Å²) in [6, 6.07) is 9.94. The molecule has 2 aliphatic rings. The summed E-state index contributed by atoms with van der Waals surface area (Å²) in [4.78, 5) is 17.1. The van der Waals surface area contributed by atoms with Crippen LogP contribution in [0.2, 0.25) is 0 Å². The van der Waals surface area contributed by atoms with Gasteiger partial charge in [-0.3, -0.25) is 4.79 Å². The minimum atomic E-state index is -0.210. The lowest BCUT2D eigenvalue weighted by atomic mass is 9.62. The Hall–Kier alpha value is -1.99. The molecule has 0 aliphatic heterocycles. The summed E-state index contributed by atoms with van der Waals surface area (Å²) < 4.78 is 11.5. The first-order valence-corrected chi connectivity index (χ1v) is 12.5. The largest absolute Gasteiger partial charge is 0.473 e. The van der Waals surface area contributed by atoms with Crippen molar-refractivity contribution < 1.29 is 14.1 Å². The lowest BCUT2D eigenvalue weighted by molar-refractivity contribution is 0.0591. The first-order chi connectivity index (χ1) is 15.3. The highest BCUT2D eigenvalue weighted by Crippen LogP contribution is 2.46. The molecular weight excluding hydrogens is 422 g/mol. The maximum absolute atomic E-state index is 13.4. The van der Waals surface area contributed by atoms with Gasteiger partial charge in [0.15, 0.2) is 0 Å². The van der Waals surface area contributed by atoms with Crippen molar-refractivity contribution in [3.8, 4) is 5.88 Å². The molecule has 1 amide bonds. The van der Waals surface area contributed by atoms with E-state index >= 15 is 0 Å². The van der Waals surface area contributed by atoms with Crippen molar-refractivity contribution >= 4 is 17.7 Å². The number of rotatable bonds is 8. The fraction of sp³-hybridized carbons (Fsp3) is 0.600.